The minimum atomic E-state index is 0.701. The Morgan fingerprint density at radius 1 is 0.410 bits per heavy atom. The summed E-state index contributed by atoms with van der Waals surface area (Å²) in [6.45, 7) is 0. The summed E-state index contributed by atoms with van der Waals surface area (Å²) < 4.78 is 4.94. The van der Waals surface area contributed by atoms with Gasteiger partial charge in [0.15, 0.2) is 5.82 Å². The maximum atomic E-state index is 5.50. The van der Waals surface area contributed by atoms with E-state index in [1.807, 2.05) is 11.8 Å². The van der Waals surface area contributed by atoms with Crippen molar-refractivity contribution in [2.45, 2.75) is 9.79 Å². The van der Waals surface area contributed by atoms with E-state index in [0.717, 1.165) is 60.9 Å². The second-order valence-corrected chi connectivity index (χ2v) is 16.8. The molecule has 0 N–H and O–H groups in total. The van der Waals surface area contributed by atoms with Gasteiger partial charge in [-0.1, -0.05) is 163 Å². The van der Waals surface area contributed by atoms with Gasteiger partial charge >= 0.3 is 0 Å². The quantitative estimate of drug-likeness (QED) is 0.163. The van der Waals surface area contributed by atoms with Crippen molar-refractivity contribution in [3.63, 3.8) is 0 Å². The Morgan fingerprint density at radius 3 is 2.02 bits per heavy atom. The third-order valence-electron chi connectivity index (χ3n) is 12.3. The summed E-state index contributed by atoms with van der Waals surface area (Å²) in [5.74, 6) is 0.701. The van der Waals surface area contributed by atoms with E-state index in [-0.39, 0.29) is 0 Å². The Hall–Kier alpha value is -7.73. The molecule has 0 atom stereocenters. The smallest absolute Gasteiger partial charge is 0.161 e. The normalized spacial score (nSPS) is 12.2. The molecule has 12 aromatic rings. The Kier molecular flexibility index (Phi) is 7.50. The van der Waals surface area contributed by atoms with Crippen molar-refractivity contribution < 1.29 is 0 Å². The van der Waals surface area contributed by atoms with Gasteiger partial charge in [-0.3, -0.25) is 9.13 Å². The molecule has 1 aliphatic heterocycles. The minimum absolute atomic E-state index is 0.701. The lowest BCUT2D eigenvalue weighted by Crippen LogP contribution is -2.05. The number of hydrogen-bond donors (Lipinski definition) is 0. The highest BCUT2D eigenvalue weighted by molar-refractivity contribution is 7.99. The predicted octanol–water partition coefficient (Wildman–Crippen LogP) is 15.0. The molecule has 284 valence electrons. The topological polar surface area (TPSA) is 35.6 Å². The van der Waals surface area contributed by atoms with Gasteiger partial charge in [-0.05, 0) is 82.2 Å². The summed E-state index contributed by atoms with van der Waals surface area (Å²) in [4.78, 5) is 13.5. The highest BCUT2D eigenvalue weighted by atomic mass is 32.2. The van der Waals surface area contributed by atoms with Crippen molar-refractivity contribution in [2.75, 3.05) is 0 Å². The fourth-order valence-electron chi connectivity index (χ4n) is 9.60. The van der Waals surface area contributed by atoms with E-state index in [4.69, 9.17) is 9.97 Å². The standard InChI is InChI=1S/C56H34N4S/c1-3-15-35(16-4-1)37-18-13-19-39(33-37)52-45-31-29-36-17-7-8-23-42(36)53(45)58-55(57-52)43-24-10-9-22-41(43)38-30-32-47-46(34-38)51-44-25-14-28-50-54(44)60(48-26-11-12-27-49(48)61-50)56(51)59(47)40-20-5-2-6-21-40/h1-34H. The third-order valence-corrected chi connectivity index (χ3v) is 13.4. The first kappa shape index (κ1) is 34.2. The first-order valence-corrected chi connectivity index (χ1v) is 21.5. The Morgan fingerprint density at radius 2 is 1.11 bits per heavy atom. The number of rotatable bonds is 5. The number of fused-ring (bicyclic) bond motifs is 10. The number of hydrogen-bond acceptors (Lipinski definition) is 3. The van der Waals surface area contributed by atoms with Crippen LogP contribution in [0.5, 0.6) is 0 Å². The highest BCUT2D eigenvalue weighted by Crippen LogP contribution is 2.50. The lowest BCUT2D eigenvalue weighted by Gasteiger charge is -2.21. The van der Waals surface area contributed by atoms with Crippen molar-refractivity contribution in [1.29, 1.82) is 0 Å². The van der Waals surface area contributed by atoms with Crippen LogP contribution in [0, 0.1) is 0 Å². The van der Waals surface area contributed by atoms with Crippen LogP contribution in [-0.2, 0) is 0 Å². The molecule has 4 heterocycles. The first-order valence-electron chi connectivity index (χ1n) is 20.7. The Balaban J connectivity index is 1.07. The van der Waals surface area contributed by atoms with Crippen LogP contribution in [0.1, 0.15) is 0 Å². The molecule has 0 aliphatic carbocycles. The van der Waals surface area contributed by atoms with Crippen LogP contribution in [0.4, 0.5) is 0 Å². The molecule has 0 bridgehead atoms. The van der Waals surface area contributed by atoms with E-state index >= 15 is 0 Å². The zero-order chi connectivity index (χ0) is 40.0. The summed E-state index contributed by atoms with van der Waals surface area (Å²) in [6.07, 6.45) is 0. The summed E-state index contributed by atoms with van der Waals surface area (Å²) >= 11 is 1.86. The van der Waals surface area contributed by atoms with Gasteiger partial charge < -0.3 is 0 Å². The molecule has 0 amide bonds. The summed E-state index contributed by atoms with van der Waals surface area (Å²) in [6, 6.07) is 74.1. The molecule has 0 saturated carbocycles. The molecule has 1 aliphatic rings. The Bertz CT molecular complexity index is 3730. The van der Waals surface area contributed by atoms with Gasteiger partial charge in [-0.15, -0.1) is 0 Å². The number of aromatic nitrogens is 4. The van der Waals surface area contributed by atoms with Gasteiger partial charge in [0.1, 0.15) is 5.65 Å². The predicted molar refractivity (Wildman–Crippen MR) is 254 cm³/mol. The van der Waals surface area contributed by atoms with Crippen molar-refractivity contribution in [3.05, 3.63) is 206 Å². The number of nitrogens with zero attached hydrogens (tertiary/aromatic N) is 4. The molecule has 13 rings (SSSR count). The number of para-hydroxylation sites is 3. The monoisotopic (exact) mass is 794 g/mol. The molecule has 0 fully saturated rings. The Labute approximate surface area is 356 Å². The molecule has 3 aromatic heterocycles. The van der Waals surface area contributed by atoms with Crippen LogP contribution in [0.2, 0.25) is 0 Å². The van der Waals surface area contributed by atoms with E-state index in [9.17, 15) is 0 Å². The third kappa shape index (κ3) is 5.21. The second kappa shape index (κ2) is 13.4. The molecule has 0 unspecified atom stereocenters. The van der Waals surface area contributed by atoms with Gasteiger partial charge in [-0.25, -0.2) is 9.97 Å². The van der Waals surface area contributed by atoms with Crippen LogP contribution >= 0.6 is 11.8 Å². The molecule has 9 aromatic carbocycles. The van der Waals surface area contributed by atoms with E-state index in [2.05, 4.69) is 215 Å². The van der Waals surface area contributed by atoms with Crippen LogP contribution in [-0.4, -0.2) is 19.1 Å². The summed E-state index contributed by atoms with van der Waals surface area (Å²) in [5.41, 5.74) is 14.4. The van der Waals surface area contributed by atoms with Crippen molar-refractivity contribution in [3.8, 4) is 56.3 Å². The van der Waals surface area contributed by atoms with Crippen LogP contribution in [0.15, 0.2) is 216 Å². The van der Waals surface area contributed by atoms with Crippen LogP contribution < -0.4 is 0 Å². The van der Waals surface area contributed by atoms with Gasteiger partial charge in [0.05, 0.1) is 27.9 Å². The second-order valence-electron chi connectivity index (χ2n) is 15.7. The van der Waals surface area contributed by atoms with Crippen LogP contribution in [0.25, 0.3) is 111 Å². The molecule has 0 radical (unpaired) electrons. The van der Waals surface area contributed by atoms with E-state index in [1.165, 1.54) is 53.9 Å². The maximum Gasteiger partial charge on any atom is 0.161 e. The maximum absolute atomic E-state index is 5.50. The van der Waals surface area contributed by atoms with Gasteiger partial charge in [0, 0.05) is 53.5 Å². The van der Waals surface area contributed by atoms with E-state index < -0.39 is 0 Å². The largest absolute Gasteiger partial charge is 0.295 e. The highest BCUT2D eigenvalue weighted by Gasteiger charge is 2.28. The molecular weight excluding hydrogens is 761 g/mol. The lowest BCUT2D eigenvalue weighted by molar-refractivity contribution is 1.03. The van der Waals surface area contributed by atoms with Crippen molar-refractivity contribution >= 4 is 66.3 Å². The van der Waals surface area contributed by atoms with Crippen molar-refractivity contribution in [2.24, 2.45) is 0 Å². The fourth-order valence-corrected chi connectivity index (χ4v) is 10.7. The summed E-state index contributed by atoms with van der Waals surface area (Å²) in [7, 11) is 0. The fraction of sp³-hybridized carbons (Fsp3) is 0. The first-order chi connectivity index (χ1) is 30.3. The zero-order valence-electron chi connectivity index (χ0n) is 32.8. The van der Waals surface area contributed by atoms with Gasteiger partial charge in [0.25, 0.3) is 0 Å². The van der Waals surface area contributed by atoms with E-state index in [0.29, 0.717) is 5.82 Å². The van der Waals surface area contributed by atoms with E-state index in [1.54, 1.807) is 0 Å². The lowest BCUT2D eigenvalue weighted by atomic mass is 9.96. The molecule has 4 nitrogen and oxygen atoms in total. The van der Waals surface area contributed by atoms with Gasteiger partial charge in [0.2, 0.25) is 0 Å². The van der Waals surface area contributed by atoms with Crippen LogP contribution in [0.3, 0.4) is 0 Å². The average molecular weight is 795 g/mol. The number of benzene rings is 9. The molecule has 0 saturated heterocycles. The minimum Gasteiger partial charge on any atom is -0.295 e. The average Bonchev–Trinajstić information content (AvgIpc) is 3.85. The molecule has 61 heavy (non-hydrogen) atoms. The van der Waals surface area contributed by atoms with Crippen molar-refractivity contribution in [1.82, 2.24) is 19.1 Å². The van der Waals surface area contributed by atoms with Gasteiger partial charge in [-0.2, -0.15) is 0 Å². The summed E-state index contributed by atoms with van der Waals surface area (Å²) in [5, 5.41) is 7.01. The molecular formula is C56H34N4S. The SMILES string of the molecule is c1ccc(-c2cccc(-c3nc(-c4ccccc4-c4ccc5c(c4)c4c6cccc7c6n(c4n5-c4ccccc4)-c4ccccc4S7)nc4c3ccc3ccccc34)c2)cc1. The molecule has 0 spiro atoms. The zero-order valence-corrected chi connectivity index (χ0v) is 33.6. The molecule has 5 heteroatoms.